The summed E-state index contributed by atoms with van der Waals surface area (Å²) in [5.74, 6) is -1.44. The van der Waals surface area contributed by atoms with Crippen LogP contribution >= 0.6 is 0 Å². The summed E-state index contributed by atoms with van der Waals surface area (Å²) >= 11 is 0. The van der Waals surface area contributed by atoms with E-state index >= 15 is 0 Å². The number of pyridine rings is 1. The zero-order valence-electron chi connectivity index (χ0n) is 13.9. The van der Waals surface area contributed by atoms with Crippen molar-refractivity contribution in [1.29, 1.82) is 0 Å². The highest BCUT2D eigenvalue weighted by Crippen LogP contribution is 2.22. The first-order valence-electron chi connectivity index (χ1n) is 8.20. The summed E-state index contributed by atoms with van der Waals surface area (Å²) in [7, 11) is 0. The lowest BCUT2D eigenvalue weighted by molar-refractivity contribution is -0.385. The van der Waals surface area contributed by atoms with Gasteiger partial charge in [-0.2, -0.15) is 0 Å². The molecule has 1 heterocycles. The Kier molecular flexibility index (Phi) is 4.66. The average Bonchev–Trinajstić information content (AvgIpc) is 2.62. The molecule has 1 aliphatic carbocycles. The lowest BCUT2D eigenvalue weighted by Crippen LogP contribution is -2.31. The third kappa shape index (κ3) is 3.39. The van der Waals surface area contributed by atoms with Gasteiger partial charge < -0.3 is 10.3 Å². The number of nitrogens with zero attached hydrogens (tertiary/aromatic N) is 2. The number of nitro groups is 1. The van der Waals surface area contributed by atoms with E-state index < -0.39 is 34.2 Å². The number of aromatic nitrogens is 1. The maximum absolute atomic E-state index is 12.6. The van der Waals surface area contributed by atoms with Crippen molar-refractivity contribution in [2.75, 3.05) is 0 Å². The fraction of sp³-hybridized carbons (Fsp3) is 0.278. The summed E-state index contributed by atoms with van der Waals surface area (Å²) in [5, 5.41) is 11.0. The van der Waals surface area contributed by atoms with Crippen molar-refractivity contribution < 1.29 is 14.5 Å². The van der Waals surface area contributed by atoms with Gasteiger partial charge in [0.05, 0.1) is 17.7 Å². The van der Waals surface area contributed by atoms with Gasteiger partial charge in [-0.25, -0.2) is 0 Å². The van der Waals surface area contributed by atoms with Gasteiger partial charge in [0.25, 0.3) is 17.2 Å². The SMILES string of the molecule is NC(=O)c1cc([N+](=O)[O-])cn(CC(=O)c2ccc3c(c2)CCCC3)c1=O. The molecule has 26 heavy (non-hydrogen) atoms. The maximum atomic E-state index is 12.6. The van der Waals surface area contributed by atoms with Gasteiger partial charge in [0.2, 0.25) is 0 Å². The predicted molar refractivity (Wildman–Crippen MR) is 93.3 cm³/mol. The summed E-state index contributed by atoms with van der Waals surface area (Å²) in [4.78, 5) is 46.5. The van der Waals surface area contributed by atoms with Crippen molar-refractivity contribution >= 4 is 17.4 Å². The number of Topliss-reactive ketones (excluding diaryl/α,β-unsaturated/α-hetero) is 1. The van der Waals surface area contributed by atoms with Gasteiger partial charge in [-0.15, -0.1) is 0 Å². The molecule has 0 saturated heterocycles. The Bertz CT molecular complexity index is 977. The van der Waals surface area contributed by atoms with E-state index in [1.54, 1.807) is 6.07 Å². The molecule has 0 aliphatic heterocycles. The van der Waals surface area contributed by atoms with E-state index in [1.807, 2.05) is 12.1 Å². The van der Waals surface area contributed by atoms with Crippen LogP contribution in [0.4, 0.5) is 5.69 Å². The van der Waals surface area contributed by atoms with Crippen molar-refractivity contribution in [2.45, 2.75) is 32.2 Å². The van der Waals surface area contributed by atoms with Gasteiger partial charge in [-0.1, -0.05) is 12.1 Å². The number of hydrogen-bond donors (Lipinski definition) is 1. The topological polar surface area (TPSA) is 125 Å². The molecule has 8 heteroatoms. The number of aryl methyl sites for hydroxylation is 2. The normalized spacial score (nSPS) is 13.1. The molecule has 2 N–H and O–H groups in total. The smallest absolute Gasteiger partial charge is 0.286 e. The second-order valence-corrected chi connectivity index (χ2v) is 6.28. The predicted octanol–water partition coefficient (Wildman–Crippen LogP) is 1.62. The van der Waals surface area contributed by atoms with Crippen LogP contribution < -0.4 is 11.3 Å². The highest BCUT2D eigenvalue weighted by Gasteiger charge is 2.20. The monoisotopic (exact) mass is 355 g/mol. The summed E-state index contributed by atoms with van der Waals surface area (Å²) in [6, 6.07) is 6.25. The van der Waals surface area contributed by atoms with Crippen LogP contribution in [-0.2, 0) is 19.4 Å². The molecule has 0 bridgehead atoms. The van der Waals surface area contributed by atoms with Crippen molar-refractivity contribution in [3.63, 3.8) is 0 Å². The van der Waals surface area contributed by atoms with Gasteiger partial charge in [0, 0.05) is 11.6 Å². The molecule has 1 amide bonds. The van der Waals surface area contributed by atoms with Crippen LogP contribution in [-0.4, -0.2) is 21.2 Å². The Morgan fingerprint density at radius 3 is 2.50 bits per heavy atom. The van der Waals surface area contributed by atoms with Crippen LogP contribution in [0.2, 0.25) is 0 Å². The fourth-order valence-corrected chi connectivity index (χ4v) is 3.17. The van der Waals surface area contributed by atoms with E-state index in [2.05, 4.69) is 0 Å². The molecule has 1 aliphatic rings. The minimum absolute atomic E-state index is 0.364. The van der Waals surface area contributed by atoms with Crippen molar-refractivity contribution in [1.82, 2.24) is 4.57 Å². The quantitative estimate of drug-likeness (QED) is 0.495. The minimum atomic E-state index is -1.08. The number of carbonyl (C=O) groups is 2. The molecule has 0 saturated carbocycles. The average molecular weight is 355 g/mol. The molecule has 0 atom stereocenters. The van der Waals surface area contributed by atoms with Gasteiger partial charge in [0.15, 0.2) is 5.78 Å². The fourth-order valence-electron chi connectivity index (χ4n) is 3.17. The third-order valence-electron chi connectivity index (χ3n) is 4.53. The number of nitrogens with two attached hydrogens (primary N) is 1. The van der Waals surface area contributed by atoms with Crippen LogP contribution in [0.3, 0.4) is 0 Å². The largest absolute Gasteiger partial charge is 0.365 e. The second kappa shape index (κ2) is 6.91. The van der Waals surface area contributed by atoms with Crippen LogP contribution in [0.5, 0.6) is 0 Å². The van der Waals surface area contributed by atoms with Crippen LogP contribution in [0.15, 0.2) is 35.3 Å². The molecule has 0 unspecified atom stereocenters. The van der Waals surface area contributed by atoms with Gasteiger partial charge >= 0.3 is 0 Å². The third-order valence-corrected chi connectivity index (χ3v) is 4.53. The number of amides is 1. The summed E-state index contributed by atoms with van der Waals surface area (Å²) in [6.07, 6.45) is 5.02. The number of rotatable bonds is 5. The Balaban J connectivity index is 1.95. The molecule has 0 fully saturated rings. The number of primary amides is 1. The number of fused-ring (bicyclic) bond motifs is 1. The Morgan fingerprint density at radius 1 is 1.15 bits per heavy atom. The highest BCUT2D eigenvalue weighted by atomic mass is 16.6. The zero-order chi connectivity index (χ0) is 18.8. The van der Waals surface area contributed by atoms with Crippen LogP contribution in [0.25, 0.3) is 0 Å². The number of ketones is 1. The first-order valence-corrected chi connectivity index (χ1v) is 8.20. The molecule has 2 aromatic rings. The van der Waals surface area contributed by atoms with Crippen molar-refractivity contribution in [3.05, 3.63) is 73.2 Å². The Labute approximate surface area is 148 Å². The molecular formula is C18H17N3O5. The molecular weight excluding hydrogens is 338 g/mol. The van der Waals surface area contributed by atoms with E-state index in [4.69, 9.17) is 5.73 Å². The zero-order valence-corrected chi connectivity index (χ0v) is 13.9. The standard InChI is InChI=1S/C18H17N3O5/c19-17(23)15-8-14(21(25)26)9-20(18(15)24)10-16(22)13-6-5-11-3-1-2-4-12(11)7-13/h5-9H,1-4,10H2,(H2,19,23). The number of carbonyl (C=O) groups excluding carboxylic acids is 2. The summed E-state index contributed by atoms with van der Waals surface area (Å²) in [6.45, 7) is -0.403. The number of benzene rings is 1. The maximum Gasteiger partial charge on any atom is 0.286 e. The first kappa shape index (κ1) is 17.5. The van der Waals surface area contributed by atoms with Crippen LogP contribution in [0, 0.1) is 10.1 Å². The molecule has 134 valence electrons. The van der Waals surface area contributed by atoms with E-state index in [-0.39, 0.29) is 5.78 Å². The van der Waals surface area contributed by atoms with E-state index in [9.17, 15) is 24.5 Å². The molecule has 0 spiro atoms. The Hall–Kier alpha value is -3.29. The second-order valence-electron chi connectivity index (χ2n) is 6.28. The lowest BCUT2D eigenvalue weighted by Gasteiger charge is -2.16. The molecule has 0 radical (unpaired) electrons. The summed E-state index contributed by atoms with van der Waals surface area (Å²) in [5.41, 5.74) is 6.07. The van der Waals surface area contributed by atoms with Crippen molar-refractivity contribution in [2.24, 2.45) is 5.73 Å². The van der Waals surface area contributed by atoms with E-state index in [0.717, 1.165) is 48.1 Å². The van der Waals surface area contributed by atoms with Gasteiger partial charge in [-0.3, -0.25) is 24.5 Å². The minimum Gasteiger partial charge on any atom is -0.365 e. The summed E-state index contributed by atoms with van der Waals surface area (Å²) < 4.78 is 0.861. The highest BCUT2D eigenvalue weighted by molar-refractivity contribution is 5.96. The van der Waals surface area contributed by atoms with Crippen molar-refractivity contribution in [3.8, 4) is 0 Å². The van der Waals surface area contributed by atoms with E-state index in [0.29, 0.717) is 5.56 Å². The molecule has 3 rings (SSSR count). The molecule has 1 aromatic heterocycles. The lowest BCUT2D eigenvalue weighted by atomic mass is 9.90. The van der Waals surface area contributed by atoms with Crippen LogP contribution in [0.1, 0.15) is 44.7 Å². The molecule has 8 nitrogen and oxygen atoms in total. The van der Waals surface area contributed by atoms with Gasteiger partial charge in [-0.05, 0) is 42.9 Å². The van der Waals surface area contributed by atoms with E-state index in [1.165, 1.54) is 5.56 Å². The van der Waals surface area contributed by atoms with Gasteiger partial charge in [0.1, 0.15) is 5.56 Å². The molecule has 1 aromatic carbocycles. The number of hydrogen-bond acceptors (Lipinski definition) is 5. The first-order chi connectivity index (χ1) is 12.4. The Morgan fingerprint density at radius 2 is 1.85 bits per heavy atom.